The fourth-order valence-electron chi connectivity index (χ4n) is 2.26. The van der Waals surface area contributed by atoms with E-state index in [-0.39, 0.29) is 0 Å². The molecule has 0 amide bonds. The van der Waals surface area contributed by atoms with Gasteiger partial charge in [0.1, 0.15) is 0 Å². The third-order valence-electron chi connectivity index (χ3n) is 3.70. The summed E-state index contributed by atoms with van der Waals surface area (Å²) in [6.45, 7) is 8.50. The number of hydrogen-bond acceptors (Lipinski definition) is 2. The average Bonchev–Trinajstić information content (AvgIpc) is 2.91. The first-order valence-corrected chi connectivity index (χ1v) is 7.39. The third kappa shape index (κ3) is 2.68. The van der Waals surface area contributed by atoms with Crippen LogP contribution >= 0.6 is 11.3 Å². The molecule has 0 atom stereocenters. The van der Waals surface area contributed by atoms with Crippen molar-refractivity contribution in [3.8, 4) is 0 Å². The minimum Gasteiger partial charge on any atom is -0.352 e. The fourth-order valence-corrected chi connectivity index (χ4v) is 3.21. The molecule has 0 spiro atoms. The fraction of sp³-hybridized carbons (Fsp3) is 0.467. The highest BCUT2D eigenvalue weighted by molar-refractivity contribution is 7.10. The predicted molar refractivity (Wildman–Crippen MR) is 79.1 cm³/mol. The molecule has 2 aromatic rings. The van der Waals surface area contributed by atoms with Gasteiger partial charge in [0.25, 0.3) is 0 Å². The molecule has 0 fully saturated rings. The highest BCUT2D eigenvalue weighted by Crippen LogP contribution is 2.18. The Balaban J connectivity index is 1.94. The van der Waals surface area contributed by atoms with E-state index in [2.05, 4.69) is 55.2 Å². The van der Waals surface area contributed by atoms with Crippen molar-refractivity contribution in [2.24, 2.45) is 7.05 Å². The van der Waals surface area contributed by atoms with E-state index in [0.717, 1.165) is 19.5 Å². The largest absolute Gasteiger partial charge is 0.352 e. The molecule has 0 aliphatic heterocycles. The van der Waals surface area contributed by atoms with Crippen molar-refractivity contribution in [3.63, 3.8) is 0 Å². The SMILES string of the molecule is CCc1ccsc1CNCc1cc(C)n(C)c1C. The number of hydrogen-bond donors (Lipinski definition) is 1. The first kappa shape index (κ1) is 13.4. The quantitative estimate of drug-likeness (QED) is 0.872. The molecule has 0 bridgehead atoms. The summed E-state index contributed by atoms with van der Waals surface area (Å²) in [6.07, 6.45) is 1.13. The van der Waals surface area contributed by atoms with Gasteiger partial charge in [0, 0.05) is 36.4 Å². The smallest absolute Gasteiger partial charge is 0.0305 e. The van der Waals surface area contributed by atoms with Crippen LogP contribution in [0.3, 0.4) is 0 Å². The van der Waals surface area contributed by atoms with E-state index in [1.165, 1.54) is 27.4 Å². The summed E-state index contributed by atoms with van der Waals surface area (Å²) in [7, 11) is 2.13. The molecule has 2 heterocycles. The maximum atomic E-state index is 3.56. The van der Waals surface area contributed by atoms with Crippen molar-refractivity contribution in [1.29, 1.82) is 0 Å². The van der Waals surface area contributed by atoms with Gasteiger partial charge >= 0.3 is 0 Å². The van der Waals surface area contributed by atoms with Crippen molar-refractivity contribution in [2.75, 3.05) is 0 Å². The van der Waals surface area contributed by atoms with Crippen molar-refractivity contribution >= 4 is 11.3 Å². The second kappa shape index (κ2) is 5.72. The molecule has 0 aromatic carbocycles. The average molecular weight is 262 g/mol. The minimum absolute atomic E-state index is 0.953. The van der Waals surface area contributed by atoms with Crippen LogP contribution < -0.4 is 5.32 Å². The molecule has 2 aromatic heterocycles. The maximum Gasteiger partial charge on any atom is 0.0305 e. The van der Waals surface area contributed by atoms with Crippen molar-refractivity contribution in [3.05, 3.63) is 44.9 Å². The van der Waals surface area contributed by atoms with Gasteiger partial charge in [-0.25, -0.2) is 0 Å². The Morgan fingerprint density at radius 1 is 1.22 bits per heavy atom. The van der Waals surface area contributed by atoms with Crippen LogP contribution in [0.5, 0.6) is 0 Å². The lowest BCUT2D eigenvalue weighted by molar-refractivity contribution is 0.690. The molecule has 18 heavy (non-hydrogen) atoms. The van der Waals surface area contributed by atoms with Gasteiger partial charge in [-0.1, -0.05) is 6.92 Å². The third-order valence-corrected chi connectivity index (χ3v) is 4.66. The molecule has 3 heteroatoms. The highest BCUT2D eigenvalue weighted by atomic mass is 32.1. The molecular weight excluding hydrogens is 240 g/mol. The normalized spacial score (nSPS) is 11.1. The zero-order chi connectivity index (χ0) is 13.1. The molecule has 0 unspecified atom stereocenters. The van der Waals surface area contributed by atoms with Crippen molar-refractivity contribution < 1.29 is 0 Å². The summed E-state index contributed by atoms with van der Waals surface area (Å²) in [4.78, 5) is 1.47. The monoisotopic (exact) mass is 262 g/mol. The lowest BCUT2D eigenvalue weighted by Gasteiger charge is -2.06. The van der Waals surface area contributed by atoms with Crippen LogP contribution in [0, 0.1) is 13.8 Å². The zero-order valence-corrected chi connectivity index (χ0v) is 12.5. The van der Waals surface area contributed by atoms with Gasteiger partial charge in [0.15, 0.2) is 0 Å². The summed E-state index contributed by atoms with van der Waals surface area (Å²) in [5.41, 5.74) is 5.58. The first-order valence-electron chi connectivity index (χ1n) is 6.51. The second-order valence-corrected chi connectivity index (χ2v) is 5.78. The lowest BCUT2D eigenvalue weighted by atomic mass is 10.2. The summed E-state index contributed by atoms with van der Waals surface area (Å²) >= 11 is 1.85. The summed E-state index contributed by atoms with van der Waals surface area (Å²) < 4.78 is 2.25. The minimum atomic E-state index is 0.953. The topological polar surface area (TPSA) is 17.0 Å². The van der Waals surface area contributed by atoms with E-state index in [1.54, 1.807) is 0 Å². The molecule has 0 aliphatic carbocycles. The van der Waals surface area contributed by atoms with Crippen LogP contribution in [0.4, 0.5) is 0 Å². The highest BCUT2D eigenvalue weighted by Gasteiger charge is 2.06. The Kier molecular flexibility index (Phi) is 4.25. The lowest BCUT2D eigenvalue weighted by Crippen LogP contribution is -2.13. The van der Waals surface area contributed by atoms with E-state index in [1.807, 2.05) is 11.3 Å². The van der Waals surface area contributed by atoms with E-state index < -0.39 is 0 Å². The standard InChI is InChI=1S/C15H22N2S/c1-5-13-6-7-18-15(13)10-16-9-14-8-11(2)17(4)12(14)3/h6-8,16H,5,9-10H2,1-4H3. The van der Waals surface area contributed by atoms with Crippen molar-refractivity contribution in [2.45, 2.75) is 40.3 Å². The predicted octanol–water partition coefficient (Wildman–Crippen LogP) is 3.56. The number of aromatic nitrogens is 1. The molecule has 0 aliphatic rings. The van der Waals surface area contributed by atoms with Crippen LogP contribution in [0.25, 0.3) is 0 Å². The molecule has 1 N–H and O–H groups in total. The van der Waals surface area contributed by atoms with E-state index in [0.29, 0.717) is 0 Å². The molecule has 2 nitrogen and oxygen atoms in total. The maximum absolute atomic E-state index is 3.56. The Morgan fingerprint density at radius 3 is 2.61 bits per heavy atom. The van der Waals surface area contributed by atoms with Crippen LogP contribution in [-0.4, -0.2) is 4.57 Å². The Hall–Kier alpha value is -1.06. The number of thiophene rings is 1. The van der Waals surface area contributed by atoms with Crippen LogP contribution in [0.2, 0.25) is 0 Å². The molecule has 0 radical (unpaired) electrons. The molecule has 2 rings (SSSR count). The molecule has 0 saturated carbocycles. The molecular formula is C15H22N2S. The first-order chi connectivity index (χ1) is 8.63. The van der Waals surface area contributed by atoms with E-state index in [9.17, 15) is 0 Å². The van der Waals surface area contributed by atoms with Gasteiger partial charge in [0.2, 0.25) is 0 Å². The van der Waals surface area contributed by atoms with Crippen LogP contribution in [-0.2, 0) is 26.6 Å². The Morgan fingerprint density at radius 2 is 2.00 bits per heavy atom. The summed E-state index contributed by atoms with van der Waals surface area (Å²) in [5.74, 6) is 0. The van der Waals surface area contributed by atoms with E-state index in [4.69, 9.17) is 0 Å². The van der Waals surface area contributed by atoms with Gasteiger partial charge in [-0.05, 0) is 48.9 Å². The number of nitrogens with zero attached hydrogens (tertiary/aromatic N) is 1. The molecule has 0 saturated heterocycles. The van der Waals surface area contributed by atoms with Gasteiger partial charge in [0.05, 0.1) is 0 Å². The van der Waals surface area contributed by atoms with E-state index >= 15 is 0 Å². The zero-order valence-electron chi connectivity index (χ0n) is 11.7. The summed E-state index contributed by atoms with van der Waals surface area (Å²) in [6, 6.07) is 4.51. The van der Waals surface area contributed by atoms with Gasteiger partial charge < -0.3 is 9.88 Å². The van der Waals surface area contributed by atoms with Gasteiger partial charge in [-0.3, -0.25) is 0 Å². The Labute approximate surface area is 114 Å². The van der Waals surface area contributed by atoms with Gasteiger partial charge in [-0.15, -0.1) is 11.3 Å². The summed E-state index contributed by atoms with van der Waals surface area (Å²) in [5, 5.41) is 5.75. The number of aryl methyl sites for hydroxylation is 2. The molecule has 98 valence electrons. The second-order valence-electron chi connectivity index (χ2n) is 4.78. The Bertz CT molecular complexity index is 523. The number of nitrogens with one attached hydrogen (secondary N) is 1. The van der Waals surface area contributed by atoms with Crippen LogP contribution in [0.15, 0.2) is 17.5 Å². The van der Waals surface area contributed by atoms with Crippen molar-refractivity contribution in [1.82, 2.24) is 9.88 Å². The van der Waals surface area contributed by atoms with Gasteiger partial charge in [-0.2, -0.15) is 0 Å². The number of rotatable bonds is 5. The van der Waals surface area contributed by atoms with Crippen LogP contribution in [0.1, 0.15) is 34.3 Å².